The number of hydrogen-bond donors (Lipinski definition) is 3. The second-order valence-electron chi connectivity index (χ2n) is 8.60. The summed E-state index contributed by atoms with van der Waals surface area (Å²) in [7, 11) is 0. The van der Waals surface area contributed by atoms with Crippen molar-refractivity contribution in [3.63, 3.8) is 0 Å². The van der Waals surface area contributed by atoms with Gasteiger partial charge in [0.05, 0.1) is 11.3 Å². The van der Waals surface area contributed by atoms with Crippen molar-refractivity contribution in [2.75, 3.05) is 39.3 Å². The van der Waals surface area contributed by atoms with E-state index in [2.05, 4.69) is 36.3 Å². The molecule has 0 unspecified atom stereocenters. The molecular weight excluding hydrogens is 458 g/mol. The van der Waals surface area contributed by atoms with Gasteiger partial charge in [0.15, 0.2) is 5.88 Å². The first-order valence-electron chi connectivity index (χ1n) is 10.4. The number of aromatic nitrogens is 1. The van der Waals surface area contributed by atoms with Gasteiger partial charge in [0.25, 0.3) is 0 Å². The van der Waals surface area contributed by atoms with Gasteiger partial charge in [-0.25, -0.2) is 4.99 Å². The number of nitrogens with zero attached hydrogens (tertiary/aromatic N) is 3. The van der Waals surface area contributed by atoms with Crippen LogP contribution in [-0.4, -0.2) is 65.7 Å². The number of benzene rings is 2. The molecule has 6 rings (SSSR count). The maximum Gasteiger partial charge on any atom is 0.199 e. The molecule has 3 aliphatic rings. The molecule has 2 aromatic carbocycles. The number of hydrogen-bond acceptors (Lipinski definition) is 6. The SMILES string of the molecule is Oc1[nH]c2ccc(Br)cc2c1C1=Nc2ccccc2C1=NOCCN1CC2(CNC2)C1. The molecule has 31 heavy (non-hydrogen) atoms. The number of aromatic hydroxyl groups is 1. The van der Waals surface area contributed by atoms with Crippen molar-refractivity contribution in [3.05, 3.63) is 58.1 Å². The van der Waals surface area contributed by atoms with Gasteiger partial charge in [-0.3, -0.25) is 4.90 Å². The Kier molecular flexibility index (Phi) is 4.41. The van der Waals surface area contributed by atoms with Crippen LogP contribution < -0.4 is 5.32 Å². The van der Waals surface area contributed by atoms with Gasteiger partial charge >= 0.3 is 0 Å². The van der Waals surface area contributed by atoms with Crippen molar-refractivity contribution >= 4 is 43.9 Å². The lowest BCUT2D eigenvalue weighted by Gasteiger charge is -2.56. The number of rotatable bonds is 5. The average Bonchev–Trinajstić information content (AvgIpc) is 3.21. The second-order valence-corrected chi connectivity index (χ2v) is 9.52. The van der Waals surface area contributed by atoms with E-state index >= 15 is 0 Å². The number of H-pyrrole nitrogens is 1. The Hall–Kier alpha value is -2.68. The highest BCUT2D eigenvalue weighted by Gasteiger charge is 2.47. The Balaban J connectivity index is 1.27. The van der Waals surface area contributed by atoms with Crippen molar-refractivity contribution in [2.24, 2.45) is 15.6 Å². The van der Waals surface area contributed by atoms with Crippen molar-refractivity contribution in [1.29, 1.82) is 0 Å². The molecule has 2 fully saturated rings. The Morgan fingerprint density at radius 3 is 2.84 bits per heavy atom. The zero-order valence-electron chi connectivity index (χ0n) is 16.9. The minimum Gasteiger partial charge on any atom is -0.494 e. The molecule has 1 spiro atoms. The third-order valence-corrected chi connectivity index (χ3v) is 6.86. The molecule has 0 amide bonds. The normalized spacial score (nSPS) is 20.5. The molecule has 0 radical (unpaired) electrons. The van der Waals surface area contributed by atoms with Crippen LogP contribution in [0, 0.1) is 5.41 Å². The predicted octanol–water partition coefficient (Wildman–Crippen LogP) is 3.40. The summed E-state index contributed by atoms with van der Waals surface area (Å²) >= 11 is 3.52. The van der Waals surface area contributed by atoms with E-state index in [9.17, 15) is 5.11 Å². The quantitative estimate of drug-likeness (QED) is 0.386. The van der Waals surface area contributed by atoms with Gasteiger partial charge in [-0.1, -0.05) is 39.3 Å². The number of oxime groups is 1. The fraction of sp³-hybridized carbons (Fsp3) is 0.304. The monoisotopic (exact) mass is 479 g/mol. The summed E-state index contributed by atoms with van der Waals surface area (Å²) in [5, 5.41) is 19.4. The number of aliphatic imine (C=N–C) groups is 1. The molecule has 4 heterocycles. The standard InChI is InChI=1S/C23H22BrN5O2/c24-14-5-6-18-16(9-14)19(22(30)27-18)21-20(15-3-1-2-4-17(15)26-21)28-31-8-7-29-12-23(13-29)10-25-11-23/h1-6,9,25,27,30H,7-8,10-13H2. The summed E-state index contributed by atoms with van der Waals surface area (Å²) in [6, 6.07) is 13.7. The number of nitrogens with one attached hydrogen (secondary N) is 2. The highest BCUT2D eigenvalue weighted by Crippen LogP contribution is 2.37. The largest absolute Gasteiger partial charge is 0.494 e. The molecule has 158 valence electrons. The number of likely N-dealkylation sites (tertiary alicyclic amines) is 1. The van der Waals surface area contributed by atoms with Gasteiger partial charge in [0.2, 0.25) is 0 Å². The van der Waals surface area contributed by atoms with Crippen LogP contribution in [0.2, 0.25) is 0 Å². The maximum absolute atomic E-state index is 10.7. The molecule has 3 aromatic rings. The van der Waals surface area contributed by atoms with Crippen molar-refractivity contribution in [2.45, 2.75) is 0 Å². The fourth-order valence-electron chi connectivity index (χ4n) is 4.77. The van der Waals surface area contributed by atoms with Gasteiger partial charge in [0, 0.05) is 59.1 Å². The zero-order chi connectivity index (χ0) is 21.0. The van der Waals surface area contributed by atoms with E-state index in [1.807, 2.05) is 42.5 Å². The van der Waals surface area contributed by atoms with Crippen LogP contribution in [0.5, 0.6) is 5.88 Å². The number of fused-ring (bicyclic) bond motifs is 2. The third-order valence-electron chi connectivity index (χ3n) is 6.37. The van der Waals surface area contributed by atoms with Crippen LogP contribution in [0.4, 0.5) is 5.69 Å². The lowest BCUT2D eigenvalue weighted by molar-refractivity contribution is -0.0512. The van der Waals surface area contributed by atoms with Gasteiger partial charge in [-0.2, -0.15) is 0 Å². The van der Waals surface area contributed by atoms with Crippen molar-refractivity contribution < 1.29 is 9.94 Å². The minimum absolute atomic E-state index is 0.0762. The van der Waals surface area contributed by atoms with E-state index in [4.69, 9.17) is 9.83 Å². The molecule has 0 saturated carbocycles. The Labute approximate surface area is 187 Å². The zero-order valence-corrected chi connectivity index (χ0v) is 18.4. The first kappa shape index (κ1) is 19.0. The molecule has 3 aliphatic heterocycles. The summed E-state index contributed by atoms with van der Waals surface area (Å²) < 4.78 is 0.931. The second kappa shape index (κ2) is 7.19. The molecular formula is C23H22BrN5O2. The average molecular weight is 480 g/mol. The van der Waals surface area contributed by atoms with Gasteiger partial charge in [-0.15, -0.1) is 0 Å². The molecule has 0 bridgehead atoms. The van der Waals surface area contributed by atoms with E-state index in [0.29, 0.717) is 29.0 Å². The summed E-state index contributed by atoms with van der Waals surface area (Å²) in [4.78, 5) is 16.0. The van der Waals surface area contributed by atoms with E-state index in [-0.39, 0.29) is 5.88 Å². The number of halogens is 1. The van der Waals surface area contributed by atoms with Crippen LogP contribution in [0.1, 0.15) is 11.1 Å². The minimum atomic E-state index is 0.0762. The van der Waals surface area contributed by atoms with Crippen LogP contribution in [0.25, 0.3) is 10.9 Å². The third kappa shape index (κ3) is 3.17. The van der Waals surface area contributed by atoms with Crippen LogP contribution in [-0.2, 0) is 4.84 Å². The number of aromatic amines is 1. The van der Waals surface area contributed by atoms with Gasteiger partial charge < -0.3 is 20.2 Å². The molecule has 2 saturated heterocycles. The molecule has 1 aromatic heterocycles. The first-order chi connectivity index (χ1) is 15.1. The van der Waals surface area contributed by atoms with E-state index < -0.39 is 0 Å². The van der Waals surface area contributed by atoms with Crippen molar-refractivity contribution in [3.8, 4) is 5.88 Å². The van der Waals surface area contributed by atoms with Crippen molar-refractivity contribution in [1.82, 2.24) is 15.2 Å². The van der Waals surface area contributed by atoms with E-state index in [0.717, 1.165) is 59.4 Å². The van der Waals surface area contributed by atoms with Gasteiger partial charge in [0.1, 0.15) is 18.0 Å². The highest BCUT2D eigenvalue weighted by molar-refractivity contribution is 9.10. The van der Waals surface area contributed by atoms with Crippen LogP contribution in [0.3, 0.4) is 0 Å². The summed E-state index contributed by atoms with van der Waals surface area (Å²) in [5.41, 5.74) is 4.98. The van der Waals surface area contributed by atoms with Crippen LogP contribution in [0.15, 0.2) is 57.1 Å². The lowest BCUT2D eigenvalue weighted by Crippen LogP contribution is -2.71. The van der Waals surface area contributed by atoms with E-state index in [1.165, 1.54) is 0 Å². The van der Waals surface area contributed by atoms with E-state index in [1.54, 1.807) is 0 Å². The first-order valence-corrected chi connectivity index (χ1v) is 11.2. The molecule has 7 nitrogen and oxygen atoms in total. The Morgan fingerprint density at radius 1 is 1.19 bits per heavy atom. The van der Waals surface area contributed by atoms with Crippen LogP contribution >= 0.6 is 15.9 Å². The summed E-state index contributed by atoms with van der Waals surface area (Å²) in [6.07, 6.45) is 0. The Morgan fingerprint density at radius 2 is 2.03 bits per heavy atom. The molecule has 3 N–H and O–H groups in total. The number of para-hydroxylation sites is 1. The molecule has 8 heteroatoms. The molecule has 0 aliphatic carbocycles. The summed E-state index contributed by atoms with van der Waals surface area (Å²) in [5.74, 6) is 0.0762. The predicted molar refractivity (Wildman–Crippen MR) is 125 cm³/mol. The Bertz CT molecular complexity index is 1240. The highest BCUT2D eigenvalue weighted by atomic mass is 79.9. The smallest absolute Gasteiger partial charge is 0.199 e. The lowest BCUT2D eigenvalue weighted by atomic mass is 9.74. The molecule has 0 atom stereocenters. The fourth-order valence-corrected chi connectivity index (χ4v) is 5.13. The maximum atomic E-state index is 10.7. The topological polar surface area (TPSA) is 85.2 Å². The summed E-state index contributed by atoms with van der Waals surface area (Å²) in [6.45, 7) is 5.91. The van der Waals surface area contributed by atoms with Gasteiger partial charge in [-0.05, 0) is 24.3 Å².